The van der Waals surface area contributed by atoms with Crippen LogP contribution in [0.5, 0.6) is 0 Å². The largest absolute Gasteiger partial charge is 0.511 e. The quantitative estimate of drug-likeness (QED) is 0.705. The Labute approximate surface area is 171 Å². The molecule has 30 heavy (non-hydrogen) atoms. The smallest absolute Gasteiger partial charge is 0.395 e. The summed E-state index contributed by atoms with van der Waals surface area (Å²) in [5, 5.41) is 11.1. The lowest BCUT2D eigenvalue weighted by atomic mass is 9.96. The van der Waals surface area contributed by atoms with Gasteiger partial charge in [0.25, 0.3) is 5.91 Å². The number of aliphatic hydroxyl groups excluding tert-OH is 1. The molecule has 1 amide bonds. The number of halogens is 3. The third-order valence-electron chi connectivity index (χ3n) is 4.96. The average Bonchev–Trinajstić information content (AvgIpc) is 2.73. The fraction of sp³-hybridized carbons (Fsp3) is 0.444. The van der Waals surface area contributed by atoms with Crippen molar-refractivity contribution in [2.24, 2.45) is 0 Å². The number of pyridine rings is 1. The van der Waals surface area contributed by atoms with Gasteiger partial charge in [-0.2, -0.15) is 17.5 Å². The fourth-order valence-corrected chi connectivity index (χ4v) is 4.26. The van der Waals surface area contributed by atoms with Crippen LogP contribution in [0.1, 0.15) is 23.2 Å². The van der Waals surface area contributed by atoms with E-state index in [4.69, 9.17) is 0 Å². The van der Waals surface area contributed by atoms with Gasteiger partial charge in [0.2, 0.25) is 0 Å². The maximum atomic E-state index is 12.9. The van der Waals surface area contributed by atoms with Crippen molar-refractivity contribution in [3.8, 4) is 0 Å². The lowest BCUT2D eigenvalue weighted by Crippen LogP contribution is -2.53. The highest BCUT2D eigenvalue weighted by Crippen LogP contribution is 2.31. The number of hydrazine groups is 1. The first-order valence-corrected chi connectivity index (χ1v) is 10.6. The number of hydrogen-bond donors (Lipinski definition) is 2. The maximum absolute atomic E-state index is 12.9. The van der Waals surface area contributed by atoms with Crippen LogP contribution in [0.3, 0.4) is 0 Å². The Morgan fingerprint density at radius 2 is 2.00 bits per heavy atom. The highest BCUT2D eigenvalue weighted by Gasteiger charge is 2.50. The van der Waals surface area contributed by atoms with E-state index in [0.717, 1.165) is 0 Å². The van der Waals surface area contributed by atoms with Crippen LogP contribution in [-0.2, 0) is 10.0 Å². The Bertz CT molecular complexity index is 948. The van der Waals surface area contributed by atoms with Crippen LogP contribution in [0, 0.1) is 0 Å². The fourth-order valence-electron chi connectivity index (χ4n) is 3.31. The summed E-state index contributed by atoms with van der Waals surface area (Å²) in [6, 6.07) is 2.75. The van der Waals surface area contributed by atoms with E-state index >= 15 is 0 Å². The standard InChI is InChI=1S/C18H21F3N4O4S/c19-18(20,21)30(28,29)24-8-2-4-14(10-24)15-5-6-16(12-26)25(11-15)23-17(27)13-3-1-7-22-9-13/h1,3-5,7,9,16,26H,2,6,8,10-12H2,(H,23,27)/t16-/m1/s1. The van der Waals surface area contributed by atoms with Crippen LogP contribution >= 0.6 is 0 Å². The lowest BCUT2D eigenvalue weighted by Gasteiger charge is -2.36. The van der Waals surface area contributed by atoms with Crippen molar-refractivity contribution in [3.63, 3.8) is 0 Å². The molecule has 0 bridgehead atoms. The third kappa shape index (κ3) is 4.72. The monoisotopic (exact) mass is 446 g/mol. The van der Waals surface area contributed by atoms with E-state index in [1.54, 1.807) is 24.3 Å². The predicted octanol–water partition coefficient (Wildman–Crippen LogP) is 1.20. The van der Waals surface area contributed by atoms with Gasteiger partial charge in [-0.25, -0.2) is 13.4 Å². The molecule has 12 heteroatoms. The summed E-state index contributed by atoms with van der Waals surface area (Å²) in [5.74, 6) is -0.443. The van der Waals surface area contributed by atoms with Crippen molar-refractivity contribution in [1.29, 1.82) is 0 Å². The Hall–Kier alpha value is -2.28. The zero-order valence-corrected chi connectivity index (χ0v) is 16.7. The number of rotatable bonds is 5. The summed E-state index contributed by atoms with van der Waals surface area (Å²) in [6.07, 6.45) is 6.84. The lowest BCUT2D eigenvalue weighted by molar-refractivity contribution is -0.0487. The zero-order chi connectivity index (χ0) is 21.9. The molecule has 0 aromatic carbocycles. The summed E-state index contributed by atoms with van der Waals surface area (Å²) >= 11 is 0. The topological polar surface area (TPSA) is 103 Å². The van der Waals surface area contributed by atoms with Crippen LogP contribution < -0.4 is 5.43 Å². The van der Waals surface area contributed by atoms with Gasteiger partial charge in [0.05, 0.1) is 18.2 Å². The minimum atomic E-state index is -5.42. The van der Waals surface area contributed by atoms with Crippen LogP contribution in [-0.4, -0.2) is 71.5 Å². The second-order valence-electron chi connectivity index (χ2n) is 6.91. The zero-order valence-electron chi connectivity index (χ0n) is 15.8. The van der Waals surface area contributed by atoms with Gasteiger partial charge in [-0.15, -0.1) is 0 Å². The average molecular weight is 446 g/mol. The minimum absolute atomic E-state index is 0.114. The van der Waals surface area contributed by atoms with E-state index in [2.05, 4.69) is 10.4 Å². The summed E-state index contributed by atoms with van der Waals surface area (Å²) in [7, 11) is -5.42. The first-order valence-electron chi connectivity index (χ1n) is 9.17. The number of alkyl halides is 3. The molecule has 1 atom stereocenters. The van der Waals surface area contributed by atoms with Gasteiger partial charge in [0.15, 0.2) is 0 Å². The number of aromatic nitrogens is 1. The van der Waals surface area contributed by atoms with Crippen molar-refractivity contribution in [2.75, 3.05) is 26.2 Å². The third-order valence-corrected chi connectivity index (χ3v) is 6.53. The van der Waals surface area contributed by atoms with E-state index in [1.807, 2.05) is 0 Å². The normalized spacial score (nSPS) is 21.7. The summed E-state index contributed by atoms with van der Waals surface area (Å²) in [6.45, 7) is -0.783. The van der Waals surface area contributed by atoms with Gasteiger partial charge in [-0.1, -0.05) is 12.2 Å². The molecule has 3 heterocycles. The van der Waals surface area contributed by atoms with Gasteiger partial charge in [0, 0.05) is 32.0 Å². The molecule has 1 aromatic heterocycles. The number of nitrogens with one attached hydrogen (secondary N) is 1. The molecule has 0 saturated heterocycles. The van der Waals surface area contributed by atoms with Gasteiger partial charge in [-0.3, -0.25) is 15.2 Å². The predicted molar refractivity (Wildman–Crippen MR) is 101 cm³/mol. The summed E-state index contributed by atoms with van der Waals surface area (Å²) < 4.78 is 62.6. The SMILES string of the molecule is O=C(NN1CC(C2=CCCN(S(=O)(=O)C(F)(F)F)C2)=CC[C@@H]1CO)c1cccnc1. The molecule has 0 aliphatic carbocycles. The van der Waals surface area contributed by atoms with Gasteiger partial charge < -0.3 is 5.11 Å². The van der Waals surface area contributed by atoms with Crippen LogP contribution in [0.4, 0.5) is 13.2 Å². The molecule has 164 valence electrons. The van der Waals surface area contributed by atoms with Crippen LogP contribution in [0.25, 0.3) is 0 Å². The molecule has 0 unspecified atom stereocenters. The first-order chi connectivity index (χ1) is 14.1. The second-order valence-corrected chi connectivity index (χ2v) is 8.84. The Balaban J connectivity index is 1.74. The highest BCUT2D eigenvalue weighted by molar-refractivity contribution is 7.90. The van der Waals surface area contributed by atoms with Crippen molar-refractivity contribution < 1.29 is 31.5 Å². The van der Waals surface area contributed by atoms with Gasteiger partial charge in [-0.05, 0) is 36.1 Å². The first kappa shape index (κ1) is 22.4. The van der Waals surface area contributed by atoms with E-state index in [-0.39, 0.29) is 26.1 Å². The maximum Gasteiger partial charge on any atom is 0.511 e. The number of carbonyl (C=O) groups is 1. The van der Waals surface area contributed by atoms with E-state index in [0.29, 0.717) is 27.4 Å². The van der Waals surface area contributed by atoms with Crippen molar-refractivity contribution >= 4 is 15.9 Å². The second kappa shape index (κ2) is 8.84. The molecule has 8 nitrogen and oxygen atoms in total. The Kier molecular flexibility index (Phi) is 6.60. The molecule has 0 radical (unpaired) electrons. The molecule has 0 saturated carbocycles. The Morgan fingerprint density at radius 1 is 1.27 bits per heavy atom. The van der Waals surface area contributed by atoms with E-state index < -0.39 is 34.0 Å². The van der Waals surface area contributed by atoms with E-state index in [9.17, 15) is 31.5 Å². The molecule has 0 spiro atoms. The molecular formula is C18H21F3N4O4S. The number of aliphatic hydroxyl groups is 1. The minimum Gasteiger partial charge on any atom is -0.395 e. The molecule has 2 N–H and O–H groups in total. The van der Waals surface area contributed by atoms with Gasteiger partial charge >= 0.3 is 15.5 Å². The van der Waals surface area contributed by atoms with Crippen molar-refractivity contribution in [3.05, 3.63) is 53.4 Å². The number of nitrogens with zero attached hydrogens (tertiary/aromatic N) is 3. The Morgan fingerprint density at radius 3 is 2.63 bits per heavy atom. The van der Waals surface area contributed by atoms with Crippen LogP contribution in [0.15, 0.2) is 47.8 Å². The molecule has 1 aromatic rings. The van der Waals surface area contributed by atoms with E-state index in [1.165, 1.54) is 17.4 Å². The van der Waals surface area contributed by atoms with Crippen LogP contribution in [0.2, 0.25) is 0 Å². The summed E-state index contributed by atoms with van der Waals surface area (Å²) in [5.41, 5.74) is -1.31. The molecule has 3 rings (SSSR count). The van der Waals surface area contributed by atoms with Crippen molar-refractivity contribution in [1.82, 2.24) is 19.7 Å². The number of sulfonamides is 1. The molecule has 2 aliphatic rings. The van der Waals surface area contributed by atoms with Gasteiger partial charge in [0.1, 0.15) is 0 Å². The molecular weight excluding hydrogens is 425 g/mol. The summed E-state index contributed by atoms with van der Waals surface area (Å²) in [4.78, 5) is 16.3. The number of amides is 1. The van der Waals surface area contributed by atoms with Crippen molar-refractivity contribution in [2.45, 2.75) is 24.4 Å². The molecule has 2 aliphatic heterocycles. The highest BCUT2D eigenvalue weighted by atomic mass is 32.2. The number of carbonyl (C=O) groups excluding carboxylic acids is 1. The molecule has 0 fully saturated rings. The number of hydrogen-bond acceptors (Lipinski definition) is 6.